The lowest BCUT2D eigenvalue weighted by atomic mass is 10.0. The summed E-state index contributed by atoms with van der Waals surface area (Å²) in [7, 11) is 0. The minimum atomic E-state index is -0.666. The van der Waals surface area contributed by atoms with E-state index in [1.807, 2.05) is 42.5 Å². The summed E-state index contributed by atoms with van der Waals surface area (Å²) in [4.78, 5) is 28.8. The van der Waals surface area contributed by atoms with Gasteiger partial charge in [-0.1, -0.05) is 42.5 Å². The van der Waals surface area contributed by atoms with Gasteiger partial charge >= 0.3 is 5.88 Å². The fourth-order valence-corrected chi connectivity index (χ4v) is 2.97. The summed E-state index contributed by atoms with van der Waals surface area (Å²) >= 11 is 0. The number of hydrogen-bond acceptors (Lipinski definition) is 5. The number of rotatable bonds is 3. The highest BCUT2D eigenvalue weighted by molar-refractivity contribution is 6.17. The molecule has 2 aromatic carbocycles. The van der Waals surface area contributed by atoms with Crippen LogP contribution in [0.2, 0.25) is 0 Å². The summed E-state index contributed by atoms with van der Waals surface area (Å²) in [5.74, 6) is -0.397. The van der Waals surface area contributed by atoms with Crippen LogP contribution in [-0.2, 0) is 0 Å². The molecule has 7 nitrogen and oxygen atoms in total. The van der Waals surface area contributed by atoms with Gasteiger partial charge in [-0.15, -0.1) is 0 Å². The van der Waals surface area contributed by atoms with Crippen LogP contribution in [0.5, 0.6) is 0 Å². The molecule has 1 aliphatic heterocycles. The zero-order chi connectivity index (χ0) is 17.4. The van der Waals surface area contributed by atoms with Gasteiger partial charge in [-0.2, -0.15) is 0 Å². The third-order valence-corrected chi connectivity index (χ3v) is 4.10. The molecule has 0 spiro atoms. The number of amides is 1. The maximum Gasteiger partial charge on any atom is 0.433 e. The highest BCUT2D eigenvalue weighted by atomic mass is 16.6. The number of fused-ring (bicyclic) bond motifs is 1. The predicted octanol–water partition coefficient (Wildman–Crippen LogP) is 3.24. The molecule has 1 amide bonds. The number of aliphatic imine (C=N–C) groups is 1. The summed E-state index contributed by atoms with van der Waals surface area (Å²) in [6.45, 7) is 0.888. The first-order valence-corrected chi connectivity index (χ1v) is 7.74. The minimum absolute atomic E-state index is 0.0680. The zero-order valence-corrected chi connectivity index (χ0v) is 13.1. The molecular formula is C18H13N3O4. The SMILES string of the molecule is O=C(c1ccc([N+](=O)[O-])o1)N1CCN=C1c1cccc2ccccc12. The molecule has 124 valence electrons. The molecule has 4 rings (SSSR count). The Morgan fingerprint density at radius 3 is 2.72 bits per heavy atom. The molecule has 0 aliphatic carbocycles. The second-order valence-corrected chi connectivity index (χ2v) is 5.58. The molecule has 2 heterocycles. The van der Waals surface area contributed by atoms with Crippen molar-refractivity contribution in [2.45, 2.75) is 0 Å². The van der Waals surface area contributed by atoms with Crippen LogP contribution >= 0.6 is 0 Å². The Labute approximate surface area is 142 Å². The summed E-state index contributed by atoms with van der Waals surface area (Å²) in [5.41, 5.74) is 0.852. The van der Waals surface area contributed by atoms with Crippen LogP contribution in [0.3, 0.4) is 0 Å². The van der Waals surface area contributed by atoms with Gasteiger partial charge in [0.2, 0.25) is 0 Å². The van der Waals surface area contributed by atoms with Gasteiger partial charge in [-0.25, -0.2) is 0 Å². The van der Waals surface area contributed by atoms with Crippen molar-refractivity contribution in [2.75, 3.05) is 13.1 Å². The van der Waals surface area contributed by atoms with Crippen LogP contribution in [0.1, 0.15) is 16.1 Å². The van der Waals surface area contributed by atoms with Gasteiger partial charge in [-0.05, 0) is 16.8 Å². The fraction of sp³-hybridized carbons (Fsp3) is 0.111. The van der Waals surface area contributed by atoms with Crippen LogP contribution in [-0.4, -0.2) is 34.7 Å². The van der Waals surface area contributed by atoms with Gasteiger partial charge in [0.05, 0.1) is 12.6 Å². The summed E-state index contributed by atoms with van der Waals surface area (Å²) in [5, 5.41) is 12.8. The predicted molar refractivity (Wildman–Crippen MR) is 91.8 cm³/mol. The number of nitro groups is 1. The Bertz CT molecular complexity index is 1020. The van der Waals surface area contributed by atoms with Crippen molar-refractivity contribution >= 4 is 28.4 Å². The van der Waals surface area contributed by atoms with Crippen molar-refractivity contribution in [2.24, 2.45) is 4.99 Å². The molecule has 0 unspecified atom stereocenters. The van der Waals surface area contributed by atoms with E-state index in [1.165, 1.54) is 17.0 Å². The molecule has 1 aliphatic rings. The van der Waals surface area contributed by atoms with E-state index in [2.05, 4.69) is 4.99 Å². The lowest BCUT2D eigenvalue weighted by molar-refractivity contribution is -0.402. The van der Waals surface area contributed by atoms with E-state index in [0.29, 0.717) is 18.9 Å². The highest BCUT2D eigenvalue weighted by Crippen LogP contribution is 2.24. The topological polar surface area (TPSA) is 88.9 Å². The third kappa shape index (κ3) is 2.55. The molecular weight excluding hydrogens is 322 g/mol. The van der Waals surface area contributed by atoms with E-state index in [-0.39, 0.29) is 5.76 Å². The lowest BCUT2D eigenvalue weighted by Crippen LogP contribution is -2.34. The van der Waals surface area contributed by atoms with Gasteiger partial charge in [0.25, 0.3) is 5.91 Å². The standard InChI is InChI=1S/C18H13N3O4/c22-18(15-8-9-16(25-15)21(23)24)20-11-10-19-17(20)14-7-3-5-12-4-1-2-6-13(12)14/h1-9H,10-11H2. The van der Waals surface area contributed by atoms with E-state index in [4.69, 9.17) is 4.42 Å². The first-order chi connectivity index (χ1) is 12.1. The van der Waals surface area contributed by atoms with Crippen molar-refractivity contribution in [1.82, 2.24) is 4.90 Å². The van der Waals surface area contributed by atoms with E-state index in [1.54, 1.807) is 0 Å². The molecule has 3 aromatic rings. The van der Waals surface area contributed by atoms with E-state index in [0.717, 1.165) is 16.3 Å². The van der Waals surface area contributed by atoms with Crippen LogP contribution < -0.4 is 0 Å². The maximum atomic E-state index is 12.7. The Morgan fingerprint density at radius 1 is 1.12 bits per heavy atom. The van der Waals surface area contributed by atoms with Crippen molar-refractivity contribution in [3.63, 3.8) is 0 Å². The lowest BCUT2D eigenvalue weighted by Gasteiger charge is -2.18. The van der Waals surface area contributed by atoms with Crippen molar-refractivity contribution in [3.8, 4) is 0 Å². The molecule has 0 radical (unpaired) electrons. The van der Waals surface area contributed by atoms with Crippen molar-refractivity contribution in [3.05, 3.63) is 76.0 Å². The van der Waals surface area contributed by atoms with Crippen LogP contribution in [0.25, 0.3) is 10.8 Å². The smallest absolute Gasteiger partial charge is 0.395 e. The van der Waals surface area contributed by atoms with E-state index in [9.17, 15) is 14.9 Å². The number of amidine groups is 1. The first-order valence-electron chi connectivity index (χ1n) is 7.74. The number of furan rings is 1. The monoisotopic (exact) mass is 335 g/mol. The summed E-state index contributed by atoms with van der Waals surface area (Å²) < 4.78 is 5.05. The van der Waals surface area contributed by atoms with Crippen molar-refractivity contribution in [1.29, 1.82) is 0 Å². The molecule has 0 saturated carbocycles. The van der Waals surface area contributed by atoms with Gasteiger partial charge < -0.3 is 4.42 Å². The average molecular weight is 335 g/mol. The Kier molecular flexibility index (Phi) is 3.53. The summed E-state index contributed by atoms with van der Waals surface area (Å²) in [6, 6.07) is 16.2. The molecule has 0 N–H and O–H groups in total. The molecule has 7 heteroatoms. The minimum Gasteiger partial charge on any atom is -0.395 e. The molecule has 1 aromatic heterocycles. The second kappa shape index (κ2) is 5.86. The number of nitrogens with zero attached hydrogens (tertiary/aromatic N) is 3. The van der Waals surface area contributed by atoms with Gasteiger partial charge in [-0.3, -0.25) is 24.8 Å². The van der Waals surface area contributed by atoms with Crippen LogP contribution in [0, 0.1) is 10.1 Å². The first kappa shape index (κ1) is 15.1. The quantitative estimate of drug-likeness (QED) is 0.543. The molecule has 0 bridgehead atoms. The van der Waals surface area contributed by atoms with E-state index < -0.39 is 16.7 Å². The van der Waals surface area contributed by atoms with Crippen molar-refractivity contribution < 1.29 is 14.1 Å². The molecule has 0 fully saturated rings. The average Bonchev–Trinajstić information content (AvgIpc) is 3.30. The van der Waals surface area contributed by atoms with E-state index >= 15 is 0 Å². The Morgan fingerprint density at radius 2 is 1.92 bits per heavy atom. The summed E-state index contributed by atoms with van der Waals surface area (Å²) in [6.07, 6.45) is 0. The normalized spacial score (nSPS) is 13.9. The number of hydrogen-bond donors (Lipinski definition) is 0. The number of carbonyl (C=O) groups excluding carboxylic acids is 1. The van der Waals surface area contributed by atoms with Gasteiger partial charge in [0.1, 0.15) is 10.8 Å². The number of benzene rings is 2. The molecule has 0 saturated heterocycles. The second-order valence-electron chi connectivity index (χ2n) is 5.58. The molecule has 25 heavy (non-hydrogen) atoms. The third-order valence-electron chi connectivity index (χ3n) is 4.10. The fourth-order valence-electron chi connectivity index (χ4n) is 2.97. The van der Waals surface area contributed by atoms with Crippen LogP contribution in [0.15, 0.2) is 64.0 Å². The maximum absolute atomic E-state index is 12.7. The zero-order valence-electron chi connectivity index (χ0n) is 13.1. The Hall–Kier alpha value is -3.48. The largest absolute Gasteiger partial charge is 0.433 e. The van der Waals surface area contributed by atoms with Gasteiger partial charge in [0, 0.05) is 12.1 Å². The van der Waals surface area contributed by atoms with Gasteiger partial charge in [0.15, 0.2) is 5.76 Å². The number of carbonyl (C=O) groups is 1. The molecule has 0 atom stereocenters. The van der Waals surface area contributed by atoms with Crippen LogP contribution in [0.4, 0.5) is 5.88 Å². The highest BCUT2D eigenvalue weighted by Gasteiger charge is 2.29. The Balaban J connectivity index is 1.72.